The molecule has 0 bridgehead atoms. The van der Waals surface area contributed by atoms with Crippen LogP contribution in [0.15, 0.2) is 29.2 Å². The zero-order valence-electron chi connectivity index (χ0n) is 14.9. The molecule has 0 aliphatic carbocycles. The van der Waals surface area contributed by atoms with Gasteiger partial charge in [0, 0.05) is 10.6 Å². The molecule has 2 N–H and O–H groups in total. The molecule has 1 saturated heterocycles. The van der Waals surface area contributed by atoms with Gasteiger partial charge in [-0.2, -0.15) is 0 Å². The molecule has 0 aromatic heterocycles. The lowest BCUT2D eigenvalue weighted by Crippen LogP contribution is -2.46. The van der Waals surface area contributed by atoms with E-state index >= 15 is 0 Å². The standard InChI is InChI=1S/C18H29N3OS.ClH/c1-14(21-12-9-15(10-13-21)8-11-19-2)18(22)20-16-4-6-17(23-3)7-5-16;/h4-7,14-15,19H,8-13H2,1-3H3,(H,20,22);1H. The fourth-order valence-corrected chi connectivity index (χ4v) is 3.47. The molecule has 1 aromatic rings. The Bertz CT molecular complexity index is 490. The summed E-state index contributed by atoms with van der Waals surface area (Å²) in [5, 5.41) is 6.26. The van der Waals surface area contributed by atoms with Crippen molar-refractivity contribution in [1.29, 1.82) is 0 Å². The van der Waals surface area contributed by atoms with Crippen molar-refractivity contribution in [2.75, 3.05) is 38.3 Å². The van der Waals surface area contributed by atoms with Crippen LogP contribution in [0.4, 0.5) is 5.69 Å². The zero-order valence-corrected chi connectivity index (χ0v) is 16.5. The largest absolute Gasteiger partial charge is 0.325 e. The molecule has 1 heterocycles. The Morgan fingerprint density at radius 3 is 2.46 bits per heavy atom. The normalized spacial score (nSPS) is 17.1. The fraction of sp³-hybridized carbons (Fsp3) is 0.611. The van der Waals surface area contributed by atoms with Crippen LogP contribution in [0.2, 0.25) is 0 Å². The number of carbonyl (C=O) groups is 1. The van der Waals surface area contributed by atoms with Crippen molar-refractivity contribution in [3.63, 3.8) is 0 Å². The van der Waals surface area contributed by atoms with Gasteiger partial charge < -0.3 is 10.6 Å². The molecule has 1 amide bonds. The third-order valence-electron chi connectivity index (χ3n) is 4.74. The number of halogens is 1. The minimum absolute atomic E-state index is 0. The Hall–Kier alpha value is -0.750. The average Bonchev–Trinajstić information content (AvgIpc) is 2.60. The number of likely N-dealkylation sites (tertiary alicyclic amines) is 1. The van der Waals surface area contributed by atoms with Crippen LogP contribution in [-0.4, -0.2) is 49.8 Å². The number of benzene rings is 1. The number of hydrogen-bond acceptors (Lipinski definition) is 4. The molecule has 1 fully saturated rings. The molecule has 136 valence electrons. The minimum Gasteiger partial charge on any atom is -0.325 e. The van der Waals surface area contributed by atoms with Gasteiger partial charge in [0.1, 0.15) is 0 Å². The maximum absolute atomic E-state index is 12.5. The van der Waals surface area contributed by atoms with Crippen LogP contribution in [0, 0.1) is 5.92 Å². The van der Waals surface area contributed by atoms with Gasteiger partial charge in [-0.3, -0.25) is 9.69 Å². The Kier molecular flexibility index (Phi) is 9.74. The van der Waals surface area contributed by atoms with Gasteiger partial charge >= 0.3 is 0 Å². The highest BCUT2D eigenvalue weighted by Crippen LogP contribution is 2.22. The van der Waals surface area contributed by atoms with Crippen molar-refractivity contribution in [1.82, 2.24) is 10.2 Å². The van der Waals surface area contributed by atoms with Crippen LogP contribution in [0.5, 0.6) is 0 Å². The van der Waals surface area contributed by atoms with Crippen LogP contribution in [0.25, 0.3) is 0 Å². The second-order valence-electron chi connectivity index (χ2n) is 6.27. The highest BCUT2D eigenvalue weighted by Gasteiger charge is 2.26. The minimum atomic E-state index is -0.0690. The Balaban J connectivity index is 0.00000288. The van der Waals surface area contributed by atoms with E-state index < -0.39 is 0 Å². The van der Waals surface area contributed by atoms with Crippen molar-refractivity contribution in [3.05, 3.63) is 24.3 Å². The molecule has 24 heavy (non-hydrogen) atoms. The summed E-state index contributed by atoms with van der Waals surface area (Å²) in [5.41, 5.74) is 0.878. The predicted molar refractivity (Wildman–Crippen MR) is 106 cm³/mol. The van der Waals surface area contributed by atoms with Gasteiger partial charge in [-0.1, -0.05) is 0 Å². The highest BCUT2D eigenvalue weighted by atomic mass is 35.5. The first kappa shape index (κ1) is 21.3. The van der Waals surface area contributed by atoms with Gasteiger partial charge in [0.2, 0.25) is 5.91 Å². The second kappa shape index (κ2) is 11.0. The van der Waals surface area contributed by atoms with Crippen LogP contribution < -0.4 is 10.6 Å². The maximum atomic E-state index is 12.5. The van der Waals surface area contributed by atoms with E-state index in [1.54, 1.807) is 11.8 Å². The first-order chi connectivity index (χ1) is 11.1. The van der Waals surface area contributed by atoms with Crippen LogP contribution >= 0.6 is 24.2 Å². The predicted octanol–water partition coefficient (Wildman–Crippen LogP) is 3.48. The van der Waals surface area contributed by atoms with E-state index in [9.17, 15) is 4.79 Å². The summed E-state index contributed by atoms with van der Waals surface area (Å²) in [7, 11) is 2.01. The second-order valence-corrected chi connectivity index (χ2v) is 7.14. The number of piperidine rings is 1. The number of nitrogens with zero attached hydrogens (tertiary/aromatic N) is 1. The number of nitrogens with one attached hydrogen (secondary N) is 2. The molecule has 1 aliphatic rings. The van der Waals surface area contributed by atoms with Crippen LogP contribution in [0.3, 0.4) is 0 Å². The van der Waals surface area contributed by atoms with Crippen molar-refractivity contribution in [2.24, 2.45) is 5.92 Å². The molecule has 1 aromatic carbocycles. The van der Waals surface area contributed by atoms with E-state index in [4.69, 9.17) is 0 Å². The summed E-state index contributed by atoms with van der Waals surface area (Å²) >= 11 is 1.71. The highest BCUT2D eigenvalue weighted by molar-refractivity contribution is 7.98. The smallest absolute Gasteiger partial charge is 0.241 e. The van der Waals surface area contributed by atoms with Crippen LogP contribution in [-0.2, 0) is 4.79 Å². The summed E-state index contributed by atoms with van der Waals surface area (Å²) < 4.78 is 0. The van der Waals surface area contributed by atoms with E-state index in [1.165, 1.54) is 24.2 Å². The molecule has 0 spiro atoms. The Labute approximate surface area is 156 Å². The number of rotatable bonds is 7. The van der Waals surface area contributed by atoms with Gasteiger partial charge in [0.25, 0.3) is 0 Å². The van der Waals surface area contributed by atoms with E-state index in [0.29, 0.717) is 0 Å². The first-order valence-corrected chi connectivity index (χ1v) is 9.70. The van der Waals surface area contributed by atoms with Gasteiger partial charge in [-0.15, -0.1) is 24.2 Å². The first-order valence-electron chi connectivity index (χ1n) is 8.47. The lowest BCUT2D eigenvalue weighted by atomic mass is 9.93. The summed E-state index contributed by atoms with van der Waals surface area (Å²) in [6.45, 7) is 5.15. The molecular weight excluding hydrogens is 342 g/mol. The zero-order chi connectivity index (χ0) is 16.7. The molecule has 1 unspecified atom stereocenters. The number of carbonyl (C=O) groups excluding carboxylic acids is 1. The van der Waals surface area contributed by atoms with Gasteiger partial charge in [0.15, 0.2) is 0 Å². The van der Waals surface area contributed by atoms with E-state index in [0.717, 1.165) is 31.2 Å². The third kappa shape index (κ3) is 6.28. The van der Waals surface area contributed by atoms with Crippen molar-refractivity contribution in [3.8, 4) is 0 Å². The maximum Gasteiger partial charge on any atom is 0.241 e. The molecule has 6 heteroatoms. The molecule has 0 radical (unpaired) electrons. The average molecular weight is 372 g/mol. The van der Waals surface area contributed by atoms with Gasteiger partial charge in [0.05, 0.1) is 6.04 Å². The van der Waals surface area contributed by atoms with Crippen molar-refractivity contribution >= 4 is 35.8 Å². The number of thioether (sulfide) groups is 1. The van der Waals surface area contributed by atoms with Gasteiger partial charge in [-0.05, 0) is 89.3 Å². The van der Waals surface area contributed by atoms with Crippen LogP contribution in [0.1, 0.15) is 26.2 Å². The fourth-order valence-electron chi connectivity index (χ4n) is 3.06. The van der Waals surface area contributed by atoms with Crippen molar-refractivity contribution < 1.29 is 4.79 Å². The summed E-state index contributed by atoms with van der Waals surface area (Å²) in [4.78, 5) is 16.0. The summed E-state index contributed by atoms with van der Waals surface area (Å²) in [6.07, 6.45) is 5.69. The lowest BCUT2D eigenvalue weighted by molar-refractivity contribution is -0.121. The summed E-state index contributed by atoms with van der Waals surface area (Å²) in [5.74, 6) is 0.892. The third-order valence-corrected chi connectivity index (χ3v) is 5.48. The van der Waals surface area contributed by atoms with E-state index in [2.05, 4.69) is 21.8 Å². The van der Waals surface area contributed by atoms with Gasteiger partial charge in [-0.25, -0.2) is 0 Å². The monoisotopic (exact) mass is 371 g/mol. The number of anilines is 1. The molecular formula is C18H30ClN3OS. The lowest BCUT2D eigenvalue weighted by Gasteiger charge is -2.35. The number of amides is 1. The number of hydrogen-bond donors (Lipinski definition) is 2. The molecule has 4 nitrogen and oxygen atoms in total. The van der Waals surface area contributed by atoms with E-state index in [1.807, 2.05) is 38.2 Å². The topological polar surface area (TPSA) is 44.4 Å². The quantitative estimate of drug-likeness (QED) is 0.720. The SMILES string of the molecule is CNCCC1CCN(C(C)C(=O)Nc2ccc(SC)cc2)CC1.Cl. The summed E-state index contributed by atoms with van der Waals surface area (Å²) in [6, 6.07) is 7.96. The molecule has 1 atom stereocenters. The molecule has 0 saturated carbocycles. The molecule has 2 rings (SSSR count). The van der Waals surface area contributed by atoms with Crippen molar-refractivity contribution in [2.45, 2.75) is 37.1 Å². The Morgan fingerprint density at radius 1 is 1.29 bits per heavy atom. The van der Waals surface area contributed by atoms with E-state index in [-0.39, 0.29) is 24.4 Å². The Morgan fingerprint density at radius 2 is 1.92 bits per heavy atom. The molecule has 1 aliphatic heterocycles.